The summed E-state index contributed by atoms with van der Waals surface area (Å²) in [6.07, 6.45) is 0.909. The average Bonchev–Trinajstić information content (AvgIpc) is 3.27. The number of hydrogen-bond acceptors (Lipinski definition) is 5. The average molecular weight is 478 g/mol. The lowest BCUT2D eigenvalue weighted by molar-refractivity contribution is -0.141. The van der Waals surface area contributed by atoms with Gasteiger partial charge in [-0.3, -0.25) is 19.3 Å². The number of aryl methyl sites for hydroxylation is 1. The first-order valence-electron chi connectivity index (χ1n) is 12.2. The maximum absolute atomic E-state index is 13.8. The van der Waals surface area contributed by atoms with Crippen molar-refractivity contribution in [2.24, 2.45) is 0 Å². The molecule has 3 fully saturated rings. The van der Waals surface area contributed by atoms with Gasteiger partial charge in [0.1, 0.15) is 11.8 Å². The van der Waals surface area contributed by atoms with Crippen LogP contribution in [0.3, 0.4) is 0 Å². The van der Waals surface area contributed by atoms with E-state index >= 15 is 0 Å². The number of benzene rings is 2. The zero-order chi connectivity index (χ0) is 24.4. The van der Waals surface area contributed by atoms with Gasteiger partial charge in [0.05, 0.1) is 19.8 Å². The number of hydrogen-bond donors (Lipinski definition) is 0. The van der Waals surface area contributed by atoms with Crippen LogP contribution < -0.4 is 0 Å². The summed E-state index contributed by atoms with van der Waals surface area (Å²) in [5.74, 6) is -0.343. The number of carbonyl (C=O) groups is 3. The summed E-state index contributed by atoms with van der Waals surface area (Å²) >= 11 is 0. The molecule has 3 aliphatic rings. The Balaban J connectivity index is 1.38. The largest absolute Gasteiger partial charge is 0.378 e. The first kappa shape index (κ1) is 23.5. The van der Waals surface area contributed by atoms with Crippen LogP contribution in [0.5, 0.6) is 0 Å². The molecule has 2 aromatic rings. The molecule has 8 heteroatoms. The number of likely N-dealkylation sites (tertiary alicyclic amines) is 1. The third kappa shape index (κ3) is 4.56. The molecule has 1 spiro atoms. The molecule has 0 radical (unpaired) electrons. The molecule has 3 heterocycles. The van der Waals surface area contributed by atoms with Gasteiger partial charge in [0.25, 0.3) is 11.8 Å². The molecule has 3 aliphatic heterocycles. The minimum Gasteiger partial charge on any atom is -0.378 e. The summed E-state index contributed by atoms with van der Waals surface area (Å²) in [5, 5.41) is 0. The molecule has 0 saturated carbocycles. The van der Waals surface area contributed by atoms with Crippen molar-refractivity contribution in [1.82, 2.24) is 14.7 Å². The van der Waals surface area contributed by atoms with E-state index in [9.17, 15) is 14.4 Å². The quantitative estimate of drug-likeness (QED) is 0.678. The normalized spacial score (nSPS) is 21.9. The summed E-state index contributed by atoms with van der Waals surface area (Å²) in [4.78, 5) is 45.6. The Morgan fingerprint density at radius 1 is 0.829 bits per heavy atom. The Morgan fingerprint density at radius 2 is 1.51 bits per heavy atom. The van der Waals surface area contributed by atoms with Crippen molar-refractivity contribution in [2.75, 3.05) is 46.0 Å². The predicted molar refractivity (Wildman–Crippen MR) is 129 cm³/mol. The first-order chi connectivity index (χ1) is 17.0. The Hall–Kier alpha value is -3.23. The molecule has 35 heavy (non-hydrogen) atoms. The molecule has 2 aromatic carbocycles. The molecule has 5 rings (SSSR count). The van der Waals surface area contributed by atoms with E-state index in [-0.39, 0.29) is 24.3 Å². The van der Waals surface area contributed by atoms with Crippen molar-refractivity contribution in [2.45, 2.75) is 31.5 Å². The van der Waals surface area contributed by atoms with Gasteiger partial charge in [0, 0.05) is 50.1 Å². The first-order valence-corrected chi connectivity index (χ1v) is 12.2. The Bertz CT molecular complexity index is 1090. The summed E-state index contributed by atoms with van der Waals surface area (Å²) < 4.78 is 11.7. The van der Waals surface area contributed by atoms with Crippen LogP contribution in [0.2, 0.25) is 0 Å². The van der Waals surface area contributed by atoms with Crippen LogP contribution in [0, 0.1) is 6.92 Å². The molecular weight excluding hydrogens is 446 g/mol. The fourth-order valence-electron chi connectivity index (χ4n) is 5.29. The summed E-state index contributed by atoms with van der Waals surface area (Å²) in [6.45, 7) is 5.02. The highest BCUT2D eigenvalue weighted by Crippen LogP contribution is 2.39. The Morgan fingerprint density at radius 3 is 2.20 bits per heavy atom. The molecule has 0 bridgehead atoms. The molecule has 184 valence electrons. The SMILES string of the molecule is Cc1cccc(C(=O)N2CCC3(CC2)OCC(C(=O)N2CCOCC2)N3C(=O)c2ccccc2)c1. The summed E-state index contributed by atoms with van der Waals surface area (Å²) in [5.41, 5.74) is 1.30. The topological polar surface area (TPSA) is 79.4 Å². The van der Waals surface area contributed by atoms with Crippen molar-refractivity contribution in [1.29, 1.82) is 0 Å². The lowest BCUT2D eigenvalue weighted by atomic mass is 9.95. The monoisotopic (exact) mass is 477 g/mol. The molecule has 3 saturated heterocycles. The Kier molecular flexibility index (Phi) is 6.58. The fraction of sp³-hybridized carbons (Fsp3) is 0.444. The van der Waals surface area contributed by atoms with E-state index in [1.807, 2.05) is 54.3 Å². The van der Waals surface area contributed by atoms with Crippen LogP contribution in [-0.2, 0) is 14.3 Å². The van der Waals surface area contributed by atoms with Gasteiger partial charge < -0.3 is 19.3 Å². The lowest BCUT2D eigenvalue weighted by Gasteiger charge is -2.45. The van der Waals surface area contributed by atoms with Crippen LogP contribution in [0.4, 0.5) is 0 Å². The number of piperidine rings is 1. The second kappa shape index (κ2) is 9.79. The van der Waals surface area contributed by atoms with E-state index in [1.165, 1.54) is 0 Å². The van der Waals surface area contributed by atoms with Gasteiger partial charge in [-0.1, -0.05) is 35.9 Å². The summed E-state index contributed by atoms with van der Waals surface area (Å²) in [7, 11) is 0. The third-order valence-electron chi connectivity index (χ3n) is 7.20. The number of amides is 3. The van der Waals surface area contributed by atoms with Crippen LogP contribution in [0.15, 0.2) is 54.6 Å². The second-order valence-corrected chi connectivity index (χ2v) is 9.41. The van der Waals surface area contributed by atoms with E-state index in [0.29, 0.717) is 63.4 Å². The highest BCUT2D eigenvalue weighted by Gasteiger charge is 2.55. The number of ether oxygens (including phenoxy) is 2. The van der Waals surface area contributed by atoms with Crippen LogP contribution >= 0.6 is 0 Å². The smallest absolute Gasteiger partial charge is 0.256 e. The van der Waals surface area contributed by atoms with E-state index in [4.69, 9.17) is 9.47 Å². The highest BCUT2D eigenvalue weighted by molar-refractivity contribution is 5.98. The van der Waals surface area contributed by atoms with E-state index in [1.54, 1.807) is 21.9 Å². The van der Waals surface area contributed by atoms with Crippen molar-refractivity contribution in [3.63, 3.8) is 0 Å². The molecular formula is C27H31N3O5. The highest BCUT2D eigenvalue weighted by atomic mass is 16.5. The second-order valence-electron chi connectivity index (χ2n) is 9.41. The molecule has 0 aromatic heterocycles. The number of nitrogens with zero attached hydrogens (tertiary/aromatic N) is 3. The summed E-state index contributed by atoms with van der Waals surface area (Å²) in [6, 6.07) is 15.9. The van der Waals surface area contributed by atoms with E-state index in [0.717, 1.165) is 5.56 Å². The van der Waals surface area contributed by atoms with Crippen molar-refractivity contribution < 1.29 is 23.9 Å². The maximum Gasteiger partial charge on any atom is 0.256 e. The van der Waals surface area contributed by atoms with Gasteiger partial charge >= 0.3 is 0 Å². The standard InChI is InChI=1S/C27H31N3O5/c1-20-6-5-9-22(18-20)24(31)28-12-10-27(11-13-28)30(25(32)21-7-3-2-4-8-21)23(19-35-27)26(33)29-14-16-34-17-15-29/h2-9,18,23H,10-17,19H2,1H3. The van der Waals surface area contributed by atoms with Crippen molar-refractivity contribution in [3.8, 4) is 0 Å². The van der Waals surface area contributed by atoms with E-state index < -0.39 is 11.8 Å². The van der Waals surface area contributed by atoms with Gasteiger partial charge in [0.2, 0.25) is 5.91 Å². The van der Waals surface area contributed by atoms with Crippen molar-refractivity contribution in [3.05, 3.63) is 71.3 Å². The zero-order valence-corrected chi connectivity index (χ0v) is 20.0. The number of carbonyl (C=O) groups excluding carboxylic acids is 3. The van der Waals surface area contributed by atoms with Crippen LogP contribution in [0.25, 0.3) is 0 Å². The predicted octanol–water partition coefficient (Wildman–Crippen LogP) is 2.33. The molecule has 1 unspecified atom stereocenters. The van der Waals surface area contributed by atoms with Gasteiger partial charge in [0.15, 0.2) is 0 Å². The number of rotatable bonds is 3. The minimum absolute atomic E-state index is 0.0246. The third-order valence-corrected chi connectivity index (χ3v) is 7.20. The van der Waals surface area contributed by atoms with Gasteiger partial charge in [-0.2, -0.15) is 0 Å². The Labute approximate surface area is 205 Å². The number of morpholine rings is 1. The fourth-order valence-corrected chi connectivity index (χ4v) is 5.29. The molecule has 8 nitrogen and oxygen atoms in total. The minimum atomic E-state index is -0.914. The molecule has 3 amide bonds. The maximum atomic E-state index is 13.8. The molecule has 0 N–H and O–H groups in total. The molecule has 0 aliphatic carbocycles. The van der Waals surface area contributed by atoms with Crippen LogP contribution in [0.1, 0.15) is 39.1 Å². The van der Waals surface area contributed by atoms with Gasteiger partial charge in [-0.05, 0) is 31.2 Å². The van der Waals surface area contributed by atoms with Crippen molar-refractivity contribution >= 4 is 17.7 Å². The van der Waals surface area contributed by atoms with E-state index in [2.05, 4.69) is 0 Å². The lowest BCUT2D eigenvalue weighted by Crippen LogP contribution is -2.60. The van der Waals surface area contributed by atoms with Crippen LogP contribution in [-0.4, -0.2) is 90.2 Å². The molecule has 1 atom stereocenters. The zero-order valence-electron chi connectivity index (χ0n) is 20.0. The van der Waals surface area contributed by atoms with Gasteiger partial charge in [-0.15, -0.1) is 0 Å². The van der Waals surface area contributed by atoms with Gasteiger partial charge in [-0.25, -0.2) is 0 Å².